The first-order valence-corrected chi connectivity index (χ1v) is 4.99. The van der Waals surface area contributed by atoms with E-state index >= 15 is 0 Å². The van der Waals surface area contributed by atoms with Gasteiger partial charge in [-0.15, -0.1) is 0 Å². The quantitative estimate of drug-likeness (QED) is 0.756. The maximum atomic E-state index is 5.21. The fraction of sp³-hybridized carbons (Fsp3) is 0.154. The predicted molar refractivity (Wildman–Crippen MR) is 60.4 cm³/mol. The summed E-state index contributed by atoms with van der Waals surface area (Å²) in [7, 11) is 0. The zero-order valence-electron chi connectivity index (χ0n) is 8.63. The first kappa shape index (κ1) is 9.71. The van der Waals surface area contributed by atoms with Gasteiger partial charge in [0.1, 0.15) is 5.76 Å². The molecule has 0 aliphatic rings. The van der Waals surface area contributed by atoms with Crippen molar-refractivity contribution >= 4 is 6.08 Å². The van der Waals surface area contributed by atoms with Crippen LogP contribution in [0.15, 0.2) is 53.3 Å². The number of furan rings is 1. The van der Waals surface area contributed by atoms with E-state index in [0.29, 0.717) is 5.92 Å². The van der Waals surface area contributed by atoms with Crippen molar-refractivity contribution in [2.45, 2.75) is 12.8 Å². The largest absolute Gasteiger partial charge is 0.465 e. The van der Waals surface area contributed by atoms with E-state index in [4.69, 9.17) is 4.42 Å². The number of hydrogen-bond acceptors (Lipinski definition) is 2. The molecule has 1 unspecified atom stereocenters. The van der Waals surface area contributed by atoms with Crippen molar-refractivity contribution < 1.29 is 4.42 Å². The topological polar surface area (TPSA) is 26.0 Å². The number of pyridine rings is 1. The first-order valence-electron chi connectivity index (χ1n) is 4.99. The molecule has 2 heteroatoms. The molecule has 0 radical (unpaired) electrons. The van der Waals surface area contributed by atoms with Crippen LogP contribution < -0.4 is 0 Å². The van der Waals surface area contributed by atoms with Crippen molar-refractivity contribution in [2.75, 3.05) is 0 Å². The van der Waals surface area contributed by atoms with Crippen molar-refractivity contribution in [3.05, 3.63) is 60.3 Å². The lowest BCUT2D eigenvalue weighted by molar-refractivity contribution is 0.556. The van der Waals surface area contributed by atoms with Gasteiger partial charge in [0, 0.05) is 17.8 Å². The second-order valence-electron chi connectivity index (χ2n) is 3.42. The number of hydrogen-bond donors (Lipinski definition) is 0. The standard InChI is InChI=1S/C13H13NO/c1-11(13-6-2-3-9-14-13)7-8-12-5-4-10-15-12/h2-11H,1H3. The van der Waals surface area contributed by atoms with Gasteiger partial charge in [0.2, 0.25) is 0 Å². The Morgan fingerprint density at radius 2 is 2.20 bits per heavy atom. The summed E-state index contributed by atoms with van der Waals surface area (Å²) in [6.45, 7) is 2.11. The minimum atomic E-state index is 0.302. The second kappa shape index (κ2) is 4.60. The number of nitrogens with zero attached hydrogens (tertiary/aromatic N) is 1. The normalized spacial score (nSPS) is 13.1. The van der Waals surface area contributed by atoms with Gasteiger partial charge in [-0.3, -0.25) is 4.98 Å². The van der Waals surface area contributed by atoms with E-state index in [1.165, 1.54) is 0 Å². The van der Waals surface area contributed by atoms with Gasteiger partial charge in [0.25, 0.3) is 0 Å². The van der Waals surface area contributed by atoms with Crippen molar-refractivity contribution in [1.29, 1.82) is 0 Å². The molecule has 1 atom stereocenters. The van der Waals surface area contributed by atoms with Crippen LogP contribution in [0.25, 0.3) is 6.08 Å². The molecule has 0 saturated carbocycles. The molecule has 0 bridgehead atoms. The molecule has 0 aliphatic carbocycles. The number of allylic oxidation sites excluding steroid dienone is 1. The van der Waals surface area contributed by atoms with Crippen molar-refractivity contribution in [2.24, 2.45) is 0 Å². The fourth-order valence-electron chi connectivity index (χ4n) is 1.37. The number of rotatable bonds is 3. The van der Waals surface area contributed by atoms with E-state index in [1.807, 2.05) is 42.6 Å². The van der Waals surface area contributed by atoms with Crippen LogP contribution in [-0.4, -0.2) is 4.98 Å². The maximum Gasteiger partial charge on any atom is 0.126 e. The lowest BCUT2D eigenvalue weighted by Gasteiger charge is -2.03. The third kappa shape index (κ3) is 2.56. The summed E-state index contributed by atoms with van der Waals surface area (Å²) in [5, 5.41) is 0. The SMILES string of the molecule is CC(C=Cc1ccco1)c1ccccn1. The van der Waals surface area contributed by atoms with Gasteiger partial charge in [0.05, 0.1) is 6.26 Å². The maximum absolute atomic E-state index is 5.21. The van der Waals surface area contributed by atoms with Crippen LogP contribution in [0.4, 0.5) is 0 Å². The van der Waals surface area contributed by atoms with Crippen LogP contribution in [0.2, 0.25) is 0 Å². The molecule has 2 nitrogen and oxygen atoms in total. The molecular weight excluding hydrogens is 186 g/mol. The summed E-state index contributed by atoms with van der Waals surface area (Å²) in [6.07, 6.45) is 7.54. The third-order valence-electron chi connectivity index (χ3n) is 2.25. The molecule has 2 heterocycles. The first-order chi connectivity index (χ1) is 7.36. The molecule has 0 saturated heterocycles. The fourth-order valence-corrected chi connectivity index (χ4v) is 1.37. The molecule has 15 heavy (non-hydrogen) atoms. The molecule has 0 spiro atoms. The highest BCUT2D eigenvalue weighted by Crippen LogP contribution is 2.15. The average Bonchev–Trinajstić information content (AvgIpc) is 2.80. The van der Waals surface area contributed by atoms with Crippen molar-refractivity contribution in [3.63, 3.8) is 0 Å². The van der Waals surface area contributed by atoms with Gasteiger partial charge >= 0.3 is 0 Å². The summed E-state index contributed by atoms with van der Waals surface area (Å²) in [5.41, 5.74) is 1.07. The molecule has 2 rings (SSSR count). The lowest BCUT2D eigenvalue weighted by atomic mass is 10.1. The Morgan fingerprint density at radius 3 is 2.87 bits per heavy atom. The summed E-state index contributed by atoms with van der Waals surface area (Å²) in [6, 6.07) is 9.76. The minimum absolute atomic E-state index is 0.302. The van der Waals surface area contributed by atoms with Crippen LogP contribution in [0, 0.1) is 0 Å². The Bertz CT molecular complexity index is 417. The summed E-state index contributed by atoms with van der Waals surface area (Å²) < 4.78 is 5.21. The van der Waals surface area contributed by atoms with E-state index in [0.717, 1.165) is 11.5 Å². The summed E-state index contributed by atoms with van der Waals surface area (Å²) >= 11 is 0. The van der Waals surface area contributed by atoms with Gasteiger partial charge < -0.3 is 4.42 Å². The predicted octanol–water partition coefficient (Wildman–Crippen LogP) is 3.49. The van der Waals surface area contributed by atoms with Gasteiger partial charge in [-0.2, -0.15) is 0 Å². The summed E-state index contributed by atoms with van der Waals surface area (Å²) in [4.78, 5) is 4.30. The zero-order valence-corrected chi connectivity index (χ0v) is 8.63. The molecule has 0 N–H and O–H groups in total. The molecular formula is C13H13NO. The van der Waals surface area contributed by atoms with Gasteiger partial charge in [-0.25, -0.2) is 0 Å². The van der Waals surface area contributed by atoms with Crippen LogP contribution in [0.5, 0.6) is 0 Å². The smallest absolute Gasteiger partial charge is 0.126 e. The van der Waals surface area contributed by atoms with Crippen LogP contribution in [-0.2, 0) is 0 Å². The zero-order chi connectivity index (χ0) is 10.5. The van der Waals surface area contributed by atoms with E-state index in [9.17, 15) is 0 Å². The monoisotopic (exact) mass is 199 g/mol. The molecule has 0 fully saturated rings. The van der Waals surface area contributed by atoms with E-state index in [-0.39, 0.29) is 0 Å². The minimum Gasteiger partial charge on any atom is -0.465 e. The molecule has 0 amide bonds. The van der Waals surface area contributed by atoms with E-state index in [2.05, 4.69) is 18.0 Å². The highest BCUT2D eigenvalue weighted by Gasteiger charge is 2.01. The van der Waals surface area contributed by atoms with Gasteiger partial charge in [-0.1, -0.05) is 19.1 Å². The van der Waals surface area contributed by atoms with Crippen molar-refractivity contribution in [1.82, 2.24) is 4.98 Å². The average molecular weight is 199 g/mol. The second-order valence-corrected chi connectivity index (χ2v) is 3.42. The highest BCUT2D eigenvalue weighted by molar-refractivity contribution is 5.44. The Morgan fingerprint density at radius 1 is 1.27 bits per heavy atom. The van der Waals surface area contributed by atoms with Crippen LogP contribution in [0.1, 0.15) is 24.3 Å². The van der Waals surface area contributed by atoms with E-state index < -0.39 is 0 Å². The Labute approximate surface area is 89.3 Å². The molecule has 76 valence electrons. The molecule has 2 aromatic rings. The van der Waals surface area contributed by atoms with Gasteiger partial charge in [-0.05, 0) is 30.3 Å². The van der Waals surface area contributed by atoms with Gasteiger partial charge in [0.15, 0.2) is 0 Å². The lowest BCUT2D eigenvalue weighted by Crippen LogP contribution is -1.91. The van der Waals surface area contributed by atoms with Crippen LogP contribution >= 0.6 is 0 Å². The molecule has 0 aliphatic heterocycles. The van der Waals surface area contributed by atoms with E-state index in [1.54, 1.807) is 6.26 Å². The Kier molecular flexibility index (Phi) is 2.98. The Balaban J connectivity index is 2.07. The van der Waals surface area contributed by atoms with Crippen LogP contribution in [0.3, 0.4) is 0 Å². The summed E-state index contributed by atoms with van der Waals surface area (Å²) in [5.74, 6) is 1.18. The number of aromatic nitrogens is 1. The highest BCUT2D eigenvalue weighted by atomic mass is 16.3. The Hall–Kier alpha value is -1.83. The third-order valence-corrected chi connectivity index (χ3v) is 2.25. The molecule has 2 aromatic heterocycles. The van der Waals surface area contributed by atoms with Crippen molar-refractivity contribution in [3.8, 4) is 0 Å². The molecule has 0 aromatic carbocycles.